The Hall–Kier alpha value is -1.25. The lowest BCUT2D eigenvalue weighted by atomic mass is 10.3. The Morgan fingerprint density at radius 1 is 1.29 bits per heavy atom. The third-order valence-electron chi connectivity index (χ3n) is 2.52. The van der Waals surface area contributed by atoms with Crippen molar-refractivity contribution in [3.63, 3.8) is 0 Å². The van der Waals surface area contributed by atoms with Crippen LogP contribution in [-0.2, 0) is 0 Å². The van der Waals surface area contributed by atoms with Crippen LogP contribution < -0.4 is 4.74 Å². The van der Waals surface area contributed by atoms with Crippen LogP contribution in [0, 0.1) is 5.82 Å². The maximum Gasteiger partial charge on any atom is 0.164 e. The highest BCUT2D eigenvalue weighted by atomic mass is 19.1. The Kier molecular flexibility index (Phi) is 2.57. The molecule has 2 nitrogen and oxygen atoms in total. The minimum atomic E-state index is -0.379. The van der Waals surface area contributed by atoms with Gasteiger partial charge in [-0.3, -0.25) is 0 Å². The van der Waals surface area contributed by atoms with Gasteiger partial charge in [-0.25, -0.2) is 4.39 Å². The van der Waals surface area contributed by atoms with Crippen molar-refractivity contribution in [3.8, 4) is 11.5 Å². The lowest BCUT2D eigenvalue weighted by Crippen LogP contribution is -2.10. The first-order valence-corrected chi connectivity index (χ1v) is 4.91. The fourth-order valence-electron chi connectivity index (χ4n) is 1.77. The van der Waals surface area contributed by atoms with Crippen molar-refractivity contribution in [1.82, 2.24) is 0 Å². The third-order valence-corrected chi connectivity index (χ3v) is 2.52. The normalized spacial score (nSPS) is 17.2. The molecule has 0 saturated heterocycles. The van der Waals surface area contributed by atoms with Crippen LogP contribution in [0.5, 0.6) is 11.5 Å². The van der Waals surface area contributed by atoms with Crippen LogP contribution in [-0.4, -0.2) is 11.2 Å². The molecular weight excluding hydrogens is 183 g/mol. The first-order valence-electron chi connectivity index (χ1n) is 4.91. The summed E-state index contributed by atoms with van der Waals surface area (Å²) in [6.07, 6.45) is 4.44. The van der Waals surface area contributed by atoms with E-state index in [4.69, 9.17) is 4.74 Å². The van der Waals surface area contributed by atoms with Crippen molar-refractivity contribution in [3.05, 3.63) is 24.0 Å². The number of phenolic OH excluding ortho intramolecular Hbond substituents is 1. The monoisotopic (exact) mass is 196 g/mol. The Bertz CT molecular complexity index is 319. The molecule has 0 aromatic heterocycles. The van der Waals surface area contributed by atoms with Crippen LogP contribution in [0.1, 0.15) is 25.7 Å². The van der Waals surface area contributed by atoms with E-state index in [-0.39, 0.29) is 23.4 Å². The molecule has 0 bridgehead atoms. The highest BCUT2D eigenvalue weighted by Crippen LogP contribution is 2.30. The molecule has 1 N–H and O–H groups in total. The zero-order chi connectivity index (χ0) is 9.97. The molecule has 0 aliphatic heterocycles. The number of halogens is 1. The number of benzene rings is 1. The first kappa shape index (κ1) is 9.31. The number of aromatic hydroxyl groups is 1. The fraction of sp³-hybridized carbons (Fsp3) is 0.455. The number of rotatable bonds is 2. The minimum Gasteiger partial charge on any atom is -0.504 e. The number of hydrogen-bond acceptors (Lipinski definition) is 2. The van der Waals surface area contributed by atoms with Gasteiger partial charge in [-0.05, 0) is 37.8 Å². The van der Waals surface area contributed by atoms with Crippen LogP contribution in [0.2, 0.25) is 0 Å². The van der Waals surface area contributed by atoms with E-state index >= 15 is 0 Å². The van der Waals surface area contributed by atoms with Gasteiger partial charge in [0.1, 0.15) is 5.82 Å². The molecular formula is C11H13FO2. The molecule has 0 amide bonds. The quantitative estimate of drug-likeness (QED) is 0.788. The minimum absolute atomic E-state index is 0.0123. The fourth-order valence-corrected chi connectivity index (χ4v) is 1.77. The van der Waals surface area contributed by atoms with E-state index in [1.54, 1.807) is 0 Å². The van der Waals surface area contributed by atoms with E-state index in [0.717, 1.165) is 25.7 Å². The van der Waals surface area contributed by atoms with Gasteiger partial charge in [-0.1, -0.05) is 0 Å². The molecule has 1 aliphatic rings. The lowest BCUT2D eigenvalue weighted by Gasteiger charge is -2.13. The van der Waals surface area contributed by atoms with E-state index in [1.807, 2.05) is 0 Å². The summed E-state index contributed by atoms with van der Waals surface area (Å²) < 4.78 is 18.3. The van der Waals surface area contributed by atoms with Crippen LogP contribution in [0.4, 0.5) is 4.39 Å². The summed E-state index contributed by atoms with van der Waals surface area (Å²) >= 11 is 0. The van der Waals surface area contributed by atoms with Crippen molar-refractivity contribution in [1.29, 1.82) is 0 Å². The summed E-state index contributed by atoms with van der Waals surface area (Å²) in [7, 11) is 0. The van der Waals surface area contributed by atoms with E-state index in [0.29, 0.717) is 0 Å². The third kappa shape index (κ3) is 1.97. The molecule has 1 aromatic carbocycles. The molecule has 1 fully saturated rings. The van der Waals surface area contributed by atoms with Crippen molar-refractivity contribution in [2.75, 3.05) is 0 Å². The van der Waals surface area contributed by atoms with E-state index in [2.05, 4.69) is 0 Å². The van der Waals surface area contributed by atoms with Gasteiger partial charge in [0.15, 0.2) is 11.5 Å². The predicted molar refractivity (Wildman–Crippen MR) is 50.9 cm³/mol. The summed E-state index contributed by atoms with van der Waals surface area (Å²) in [5.74, 6) is -0.106. The van der Waals surface area contributed by atoms with Crippen molar-refractivity contribution >= 4 is 0 Å². The molecule has 1 aliphatic carbocycles. The average Bonchev–Trinajstić information content (AvgIpc) is 2.64. The second-order valence-corrected chi connectivity index (χ2v) is 3.64. The molecule has 0 atom stereocenters. The van der Waals surface area contributed by atoms with Crippen LogP contribution in [0.3, 0.4) is 0 Å². The van der Waals surface area contributed by atoms with Gasteiger partial charge >= 0.3 is 0 Å². The number of ether oxygens (including phenoxy) is 1. The second kappa shape index (κ2) is 3.86. The topological polar surface area (TPSA) is 29.5 Å². The summed E-state index contributed by atoms with van der Waals surface area (Å²) in [5.41, 5.74) is 0. The average molecular weight is 196 g/mol. The van der Waals surface area contributed by atoms with Crippen LogP contribution in [0.15, 0.2) is 18.2 Å². The van der Waals surface area contributed by atoms with E-state index in [1.165, 1.54) is 18.2 Å². The van der Waals surface area contributed by atoms with Gasteiger partial charge in [0.2, 0.25) is 0 Å². The molecule has 0 unspecified atom stereocenters. The molecule has 76 valence electrons. The summed E-state index contributed by atoms with van der Waals surface area (Å²) in [6, 6.07) is 3.77. The lowest BCUT2D eigenvalue weighted by molar-refractivity contribution is 0.201. The molecule has 0 heterocycles. The second-order valence-electron chi connectivity index (χ2n) is 3.64. The summed E-state index contributed by atoms with van der Waals surface area (Å²) in [6.45, 7) is 0. The molecule has 1 aromatic rings. The molecule has 14 heavy (non-hydrogen) atoms. The van der Waals surface area contributed by atoms with Gasteiger partial charge in [0.05, 0.1) is 6.10 Å². The molecule has 1 saturated carbocycles. The summed E-state index contributed by atoms with van der Waals surface area (Å²) in [5, 5.41) is 9.40. The molecule has 0 spiro atoms. The smallest absolute Gasteiger partial charge is 0.164 e. The van der Waals surface area contributed by atoms with E-state index in [9.17, 15) is 9.50 Å². The standard InChI is InChI=1S/C11H13FO2/c12-8-5-6-10(13)11(7-8)14-9-3-1-2-4-9/h5-7,9,13H,1-4H2. The molecule has 3 heteroatoms. The van der Waals surface area contributed by atoms with Crippen molar-refractivity contribution in [2.24, 2.45) is 0 Å². The predicted octanol–water partition coefficient (Wildman–Crippen LogP) is 2.85. The Morgan fingerprint density at radius 2 is 2.00 bits per heavy atom. The zero-order valence-corrected chi connectivity index (χ0v) is 7.87. The van der Waals surface area contributed by atoms with Crippen molar-refractivity contribution in [2.45, 2.75) is 31.8 Å². The number of hydrogen-bond donors (Lipinski definition) is 1. The van der Waals surface area contributed by atoms with Gasteiger partial charge in [-0.2, -0.15) is 0 Å². The van der Waals surface area contributed by atoms with Crippen LogP contribution in [0.25, 0.3) is 0 Å². The largest absolute Gasteiger partial charge is 0.504 e. The van der Waals surface area contributed by atoms with Gasteiger partial charge in [0, 0.05) is 6.07 Å². The van der Waals surface area contributed by atoms with E-state index < -0.39 is 0 Å². The summed E-state index contributed by atoms with van der Waals surface area (Å²) in [4.78, 5) is 0. The zero-order valence-electron chi connectivity index (χ0n) is 7.87. The molecule has 0 radical (unpaired) electrons. The Morgan fingerprint density at radius 3 is 2.71 bits per heavy atom. The Balaban J connectivity index is 2.10. The first-order chi connectivity index (χ1) is 6.75. The van der Waals surface area contributed by atoms with Crippen molar-refractivity contribution < 1.29 is 14.2 Å². The highest BCUT2D eigenvalue weighted by Gasteiger charge is 2.18. The van der Waals surface area contributed by atoms with Crippen LogP contribution >= 0.6 is 0 Å². The van der Waals surface area contributed by atoms with Gasteiger partial charge < -0.3 is 9.84 Å². The maximum absolute atomic E-state index is 12.8. The maximum atomic E-state index is 12.8. The number of phenols is 1. The highest BCUT2D eigenvalue weighted by molar-refractivity contribution is 5.38. The van der Waals surface area contributed by atoms with Gasteiger partial charge in [-0.15, -0.1) is 0 Å². The Labute approximate surface area is 82.3 Å². The SMILES string of the molecule is Oc1ccc(F)cc1OC1CCCC1. The van der Waals surface area contributed by atoms with Gasteiger partial charge in [0.25, 0.3) is 0 Å². The molecule has 2 rings (SSSR count).